The van der Waals surface area contributed by atoms with Crippen molar-refractivity contribution in [3.8, 4) is 0 Å². The summed E-state index contributed by atoms with van der Waals surface area (Å²) in [6.07, 6.45) is 4.75. The minimum atomic E-state index is -0.347. The van der Waals surface area contributed by atoms with E-state index in [4.69, 9.17) is 4.74 Å². The van der Waals surface area contributed by atoms with Crippen LogP contribution in [-0.2, 0) is 14.3 Å². The number of carbonyl (C=O) groups is 2. The summed E-state index contributed by atoms with van der Waals surface area (Å²) in [4.78, 5) is 24.1. The summed E-state index contributed by atoms with van der Waals surface area (Å²) in [5.74, 6) is -0.153. The molecule has 3 atom stereocenters. The molecular formula is C16H16O3. The molecule has 0 saturated carbocycles. The minimum absolute atomic E-state index is 0.0343. The molecule has 3 aliphatic rings. The first-order valence-corrected chi connectivity index (χ1v) is 6.40. The van der Waals surface area contributed by atoms with Gasteiger partial charge in [-0.2, -0.15) is 0 Å². The van der Waals surface area contributed by atoms with E-state index in [0.29, 0.717) is 24.2 Å². The molecule has 1 aliphatic heterocycles. The number of allylic oxidation sites excluding steroid dienone is 4. The summed E-state index contributed by atoms with van der Waals surface area (Å²) in [5.41, 5.74) is 1.83. The summed E-state index contributed by atoms with van der Waals surface area (Å²) < 4.78 is 5.74. The number of rotatable bonds is 1. The molecule has 19 heavy (non-hydrogen) atoms. The second-order valence-electron chi connectivity index (χ2n) is 5.71. The lowest BCUT2D eigenvalue weighted by Gasteiger charge is -2.42. The highest BCUT2D eigenvalue weighted by Gasteiger charge is 2.52. The Morgan fingerprint density at radius 1 is 1.37 bits per heavy atom. The normalized spacial score (nSPS) is 37.4. The average molecular weight is 256 g/mol. The van der Waals surface area contributed by atoms with E-state index in [2.05, 4.69) is 20.1 Å². The quantitative estimate of drug-likeness (QED) is 0.533. The largest absolute Gasteiger partial charge is 0.368 e. The smallest absolute Gasteiger partial charge is 0.185 e. The molecule has 1 saturated heterocycles. The van der Waals surface area contributed by atoms with Gasteiger partial charge in [-0.15, -0.1) is 6.58 Å². The van der Waals surface area contributed by atoms with Crippen LogP contribution in [0, 0.1) is 11.3 Å². The lowest BCUT2D eigenvalue weighted by atomic mass is 9.61. The van der Waals surface area contributed by atoms with Crippen molar-refractivity contribution in [3.63, 3.8) is 0 Å². The van der Waals surface area contributed by atoms with Crippen LogP contribution >= 0.6 is 0 Å². The number of hydrogen-bond acceptors (Lipinski definition) is 3. The van der Waals surface area contributed by atoms with E-state index >= 15 is 0 Å². The average Bonchev–Trinajstić information content (AvgIpc) is 2.77. The second kappa shape index (κ2) is 3.87. The van der Waals surface area contributed by atoms with Gasteiger partial charge in [0, 0.05) is 17.1 Å². The molecule has 2 aliphatic carbocycles. The van der Waals surface area contributed by atoms with Gasteiger partial charge in [-0.1, -0.05) is 19.6 Å². The van der Waals surface area contributed by atoms with Crippen molar-refractivity contribution < 1.29 is 14.3 Å². The molecule has 98 valence electrons. The lowest BCUT2D eigenvalue weighted by molar-refractivity contribution is -0.117. The van der Waals surface area contributed by atoms with E-state index in [9.17, 15) is 9.59 Å². The second-order valence-corrected chi connectivity index (χ2v) is 5.71. The third-order valence-corrected chi connectivity index (χ3v) is 4.48. The van der Waals surface area contributed by atoms with Crippen molar-refractivity contribution >= 4 is 11.6 Å². The maximum atomic E-state index is 12.1. The number of carbonyl (C=O) groups excluding carboxylic acids is 2. The zero-order valence-electron chi connectivity index (χ0n) is 10.9. The molecule has 1 fully saturated rings. The zero-order valence-corrected chi connectivity index (χ0v) is 10.9. The summed E-state index contributed by atoms with van der Waals surface area (Å²) in [6.45, 7) is 10.5. The van der Waals surface area contributed by atoms with E-state index in [1.54, 1.807) is 0 Å². The van der Waals surface area contributed by atoms with Gasteiger partial charge in [-0.05, 0) is 29.6 Å². The standard InChI is InChI=1S/C16H16O3/c1-4-16(3)7-10-11(17)5-6-12(18)13(10)15-14(16)9(2)8-19-15/h4-6,14-15H,1-2,7-8H2,3H3/t14-,15-,16+/m0/s1. The summed E-state index contributed by atoms with van der Waals surface area (Å²) in [6, 6.07) is 0. The van der Waals surface area contributed by atoms with Gasteiger partial charge in [-0.25, -0.2) is 0 Å². The van der Waals surface area contributed by atoms with Crippen molar-refractivity contribution in [2.45, 2.75) is 19.4 Å². The number of hydrogen-bond donors (Lipinski definition) is 0. The van der Waals surface area contributed by atoms with E-state index in [-0.39, 0.29) is 29.0 Å². The molecule has 0 N–H and O–H groups in total. The van der Waals surface area contributed by atoms with Crippen LogP contribution in [0.2, 0.25) is 0 Å². The fourth-order valence-corrected chi connectivity index (χ4v) is 3.47. The Kier molecular flexibility index (Phi) is 2.51. The maximum Gasteiger partial charge on any atom is 0.185 e. The van der Waals surface area contributed by atoms with Gasteiger partial charge in [0.1, 0.15) is 0 Å². The SMILES string of the molecule is C=C[C@]1(C)CC2=C(C(=O)C=CC2=O)[C@@H]2OCC(=C)[C@@H]21. The van der Waals surface area contributed by atoms with Crippen molar-refractivity contribution in [2.24, 2.45) is 11.3 Å². The van der Waals surface area contributed by atoms with Crippen LogP contribution in [0.15, 0.2) is 48.1 Å². The van der Waals surface area contributed by atoms with Crippen LogP contribution in [0.1, 0.15) is 13.3 Å². The van der Waals surface area contributed by atoms with Crippen LogP contribution in [0.3, 0.4) is 0 Å². The fourth-order valence-electron chi connectivity index (χ4n) is 3.47. The van der Waals surface area contributed by atoms with Crippen LogP contribution in [0.25, 0.3) is 0 Å². The number of ether oxygens (including phenoxy) is 1. The Labute approximate surface area is 112 Å². The Morgan fingerprint density at radius 3 is 2.74 bits per heavy atom. The molecular weight excluding hydrogens is 240 g/mol. The van der Waals surface area contributed by atoms with E-state index < -0.39 is 0 Å². The van der Waals surface area contributed by atoms with Crippen LogP contribution < -0.4 is 0 Å². The zero-order chi connectivity index (χ0) is 13.8. The minimum Gasteiger partial charge on any atom is -0.368 e. The first kappa shape index (κ1) is 12.3. The fraction of sp³-hybridized carbons (Fsp3) is 0.375. The molecule has 0 bridgehead atoms. The van der Waals surface area contributed by atoms with Crippen LogP contribution in [0.5, 0.6) is 0 Å². The first-order chi connectivity index (χ1) is 8.98. The van der Waals surface area contributed by atoms with Crippen molar-refractivity contribution in [1.82, 2.24) is 0 Å². The Balaban J connectivity index is 2.19. The molecule has 1 heterocycles. The Bertz CT molecular complexity index is 579. The van der Waals surface area contributed by atoms with Gasteiger partial charge in [0.15, 0.2) is 11.6 Å². The third-order valence-electron chi connectivity index (χ3n) is 4.48. The predicted molar refractivity (Wildman–Crippen MR) is 71.5 cm³/mol. The molecule has 3 rings (SSSR count). The number of ketones is 2. The van der Waals surface area contributed by atoms with E-state index in [1.807, 2.05) is 6.08 Å². The Hall–Kier alpha value is -1.74. The van der Waals surface area contributed by atoms with E-state index in [1.165, 1.54) is 12.2 Å². The predicted octanol–water partition coefficient (Wildman–Crippen LogP) is 2.16. The summed E-state index contributed by atoms with van der Waals surface area (Å²) in [5, 5.41) is 0. The van der Waals surface area contributed by atoms with Crippen molar-refractivity contribution in [1.29, 1.82) is 0 Å². The molecule has 3 heteroatoms. The highest BCUT2D eigenvalue weighted by atomic mass is 16.5. The molecule has 0 aromatic heterocycles. The number of fused-ring (bicyclic) bond motifs is 2. The van der Waals surface area contributed by atoms with Crippen molar-refractivity contribution in [3.05, 3.63) is 48.1 Å². The topological polar surface area (TPSA) is 43.4 Å². The Morgan fingerprint density at radius 2 is 2.05 bits per heavy atom. The maximum absolute atomic E-state index is 12.1. The molecule has 0 spiro atoms. The monoisotopic (exact) mass is 256 g/mol. The van der Waals surface area contributed by atoms with Gasteiger partial charge in [-0.3, -0.25) is 9.59 Å². The first-order valence-electron chi connectivity index (χ1n) is 6.40. The van der Waals surface area contributed by atoms with E-state index in [0.717, 1.165) is 5.57 Å². The van der Waals surface area contributed by atoms with Crippen LogP contribution in [-0.4, -0.2) is 24.3 Å². The van der Waals surface area contributed by atoms with Gasteiger partial charge < -0.3 is 4.74 Å². The van der Waals surface area contributed by atoms with Crippen molar-refractivity contribution in [2.75, 3.05) is 6.61 Å². The van der Waals surface area contributed by atoms with Gasteiger partial charge in [0.2, 0.25) is 0 Å². The lowest BCUT2D eigenvalue weighted by Crippen LogP contribution is -2.42. The highest BCUT2D eigenvalue weighted by Crippen LogP contribution is 2.52. The summed E-state index contributed by atoms with van der Waals surface area (Å²) in [7, 11) is 0. The molecule has 0 aromatic carbocycles. The molecule has 0 amide bonds. The third kappa shape index (κ3) is 1.55. The van der Waals surface area contributed by atoms with Gasteiger partial charge >= 0.3 is 0 Å². The highest BCUT2D eigenvalue weighted by molar-refractivity contribution is 6.21. The molecule has 0 aromatic rings. The van der Waals surface area contributed by atoms with Crippen LogP contribution in [0.4, 0.5) is 0 Å². The molecule has 3 nitrogen and oxygen atoms in total. The summed E-state index contributed by atoms with van der Waals surface area (Å²) >= 11 is 0. The molecule has 0 radical (unpaired) electrons. The molecule has 0 unspecified atom stereocenters. The van der Waals surface area contributed by atoms with Gasteiger partial charge in [0.05, 0.1) is 12.7 Å². The van der Waals surface area contributed by atoms with Gasteiger partial charge in [0.25, 0.3) is 0 Å².